The molecule has 174 valence electrons. The summed E-state index contributed by atoms with van der Waals surface area (Å²) >= 11 is 0. The van der Waals surface area contributed by atoms with E-state index in [0.717, 1.165) is 42.9 Å². The fraction of sp³-hybridized carbons (Fsp3) is 0.500. The van der Waals surface area contributed by atoms with Crippen molar-refractivity contribution in [2.45, 2.75) is 50.9 Å². The number of aliphatic imine (C=N–C) groups is 1. The first-order chi connectivity index (χ1) is 15.0. The zero-order valence-electron chi connectivity index (χ0n) is 19.0. The number of nitrogens with zero attached hydrogens (tertiary/aromatic N) is 3. The smallest absolute Gasteiger partial charge is 0.191 e. The Morgan fingerprint density at radius 3 is 2.47 bits per heavy atom. The number of nitrogens with one attached hydrogen (secondary N) is 2. The third-order valence-electron chi connectivity index (χ3n) is 6.13. The van der Waals surface area contributed by atoms with Gasteiger partial charge in [-0.2, -0.15) is 0 Å². The van der Waals surface area contributed by atoms with E-state index < -0.39 is 0 Å². The van der Waals surface area contributed by atoms with Crippen molar-refractivity contribution in [3.63, 3.8) is 0 Å². The van der Waals surface area contributed by atoms with E-state index in [2.05, 4.69) is 51.5 Å². The van der Waals surface area contributed by atoms with Crippen molar-refractivity contribution < 1.29 is 9.13 Å². The predicted octanol–water partition coefficient (Wildman–Crippen LogP) is 3.85. The molecule has 2 aliphatic rings. The molecule has 1 saturated carbocycles. The molecule has 1 saturated heterocycles. The summed E-state index contributed by atoms with van der Waals surface area (Å²) < 4.78 is 20.0. The van der Waals surface area contributed by atoms with Gasteiger partial charge < -0.3 is 20.3 Å². The molecule has 2 aromatic rings. The second-order valence-electron chi connectivity index (χ2n) is 8.73. The van der Waals surface area contributed by atoms with Crippen molar-refractivity contribution in [3.05, 3.63) is 59.5 Å². The Morgan fingerprint density at radius 1 is 1.16 bits per heavy atom. The number of halogens is 2. The van der Waals surface area contributed by atoms with E-state index in [0.29, 0.717) is 19.0 Å². The molecule has 2 atom stereocenters. The van der Waals surface area contributed by atoms with Gasteiger partial charge in [0.15, 0.2) is 5.96 Å². The minimum atomic E-state index is -0.126. The molecule has 0 spiro atoms. The molecule has 2 heterocycles. The first-order valence-electron chi connectivity index (χ1n) is 11.0. The summed E-state index contributed by atoms with van der Waals surface area (Å²) in [6.45, 7) is 7.19. The van der Waals surface area contributed by atoms with Gasteiger partial charge in [0.2, 0.25) is 0 Å². The molecule has 32 heavy (non-hydrogen) atoms. The largest absolute Gasteiger partial charge is 0.372 e. The Balaban J connectivity index is 0.00000289. The van der Waals surface area contributed by atoms with Gasteiger partial charge in [0.25, 0.3) is 0 Å². The molecule has 4 rings (SSSR count). The van der Waals surface area contributed by atoms with Gasteiger partial charge in [-0.05, 0) is 49.9 Å². The van der Waals surface area contributed by atoms with Crippen LogP contribution in [0.3, 0.4) is 0 Å². The normalized spacial score (nSPS) is 22.1. The van der Waals surface area contributed by atoms with Crippen molar-refractivity contribution in [1.29, 1.82) is 0 Å². The lowest BCUT2D eigenvalue weighted by molar-refractivity contribution is -0.00545. The minimum Gasteiger partial charge on any atom is -0.372 e. The number of hydrogen-bond donors (Lipinski definition) is 2. The molecule has 0 bridgehead atoms. The Hall–Kier alpha value is -1.94. The van der Waals surface area contributed by atoms with E-state index in [1.165, 1.54) is 6.07 Å². The molecule has 2 N–H and O–H groups in total. The monoisotopic (exact) mass is 553 g/mol. The summed E-state index contributed by atoms with van der Waals surface area (Å²) in [6.07, 6.45) is 4.30. The number of morpholine rings is 1. The molecule has 2 unspecified atom stereocenters. The average molecular weight is 553 g/mol. The Morgan fingerprint density at radius 2 is 1.88 bits per heavy atom. The van der Waals surface area contributed by atoms with Crippen LogP contribution in [0.1, 0.15) is 37.8 Å². The highest BCUT2D eigenvalue weighted by Crippen LogP contribution is 2.48. The quantitative estimate of drug-likeness (QED) is 0.324. The summed E-state index contributed by atoms with van der Waals surface area (Å²) in [5, 5.41) is 6.71. The Labute approximate surface area is 207 Å². The van der Waals surface area contributed by atoms with Crippen molar-refractivity contribution in [1.82, 2.24) is 15.6 Å². The predicted molar refractivity (Wildman–Crippen MR) is 137 cm³/mol. The lowest BCUT2D eigenvalue weighted by Gasteiger charge is -2.36. The topological polar surface area (TPSA) is 61.8 Å². The van der Waals surface area contributed by atoms with Crippen LogP contribution in [-0.2, 0) is 16.7 Å². The third-order valence-corrected chi connectivity index (χ3v) is 6.13. The number of ether oxygens (including phenoxy) is 1. The van der Waals surface area contributed by atoms with Gasteiger partial charge in [0.1, 0.15) is 11.6 Å². The average Bonchev–Trinajstić information content (AvgIpc) is 3.55. The van der Waals surface area contributed by atoms with Crippen LogP contribution in [0.5, 0.6) is 0 Å². The number of benzene rings is 1. The van der Waals surface area contributed by atoms with Crippen LogP contribution in [0, 0.1) is 5.82 Å². The molecule has 8 heteroatoms. The van der Waals surface area contributed by atoms with Gasteiger partial charge in [-0.3, -0.25) is 4.99 Å². The number of anilines is 1. The second kappa shape index (κ2) is 10.8. The van der Waals surface area contributed by atoms with Crippen LogP contribution in [0.15, 0.2) is 47.6 Å². The fourth-order valence-corrected chi connectivity index (χ4v) is 4.32. The van der Waals surface area contributed by atoms with Crippen molar-refractivity contribution in [3.8, 4) is 0 Å². The SMILES string of the molecule is CN=C(NCc1ccc(N2CC(C)OC(C)C2)nc1)NCC1(c2ccccc2F)CC1.I. The summed E-state index contributed by atoms with van der Waals surface area (Å²) in [7, 11) is 1.75. The molecule has 6 nitrogen and oxygen atoms in total. The lowest BCUT2D eigenvalue weighted by Crippen LogP contribution is -2.45. The van der Waals surface area contributed by atoms with E-state index in [9.17, 15) is 4.39 Å². The third kappa shape index (κ3) is 5.89. The molecular formula is C24H33FIN5O. The van der Waals surface area contributed by atoms with Gasteiger partial charge in [-0.15, -0.1) is 24.0 Å². The second-order valence-corrected chi connectivity index (χ2v) is 8.73. The molecular weight excluding hydrogens is 520 g/mol. The van der Waals surface area contributed by atoms with Crippen LogP contribution in [-0.4, -0.2) is 49.8 Å². The van der Waals surface area contributed by atoms with Crippen LogP contribution >= 0.6 is 24.0 Å². The Bertz CT molecular complexity index is 909. The maximum atomic E-state index is 14.2. The first kappa shape index (κ1) is 24.7. The summed E-state index contributed by atoms with van der Waals surface area (Å²) in [5.74, 6) is 1.57. The maximum absolute atomic E-state index is 14.2. The molecule has 0 amide bonds. The minimum absolute atomic E-state index is 0. The number of aromatic nitrogens is 1. The van der Waals surface area contributed by atoms with Crippen LogP contribution in [0.2, 0.25) is 0 Å². The van der Waals surface area contributed by atoms with Crippen LogP contribution < -0.4 is 15.5 Å². The van der Waals surface area contributed by atoms with E-state index in [1.807, 2.05) is 18.3 Å². The van der Waals surface area contributed by atoms with Crippen molar-refractivity contribution >= 4 is 35.8 Å². The summed E-state index contributed by atoms with van der Waals surface area (Å²) in [4.78, 5) is 11.2. The summed E-state index contributed by atoms with van der Waals surface area (Å²) in [5.41, 5.74) is 1.75. The van der Waals surface area contributed by atoms with E-state index in [1.54, 1.807) is 13.1 Å². The molecule has 0 radical (unpaired) electrons. The molecule has 1 aliphatic heterocycles. The van der Waals surface area contributed by atoms with Crippen LogP contribution in [0.4, 0.5) is 10.2 Å². The van der Waals surface area contributed by atoms with E-state index in [4.69, 9.17) is 4.74 Å². The lowest BCUT2D eigenvalue weighted by atomic mass is 9.95. The zero-order chi connectivity index (χ0) is 21.8. The van der Waals surface area contributed by atoms with Gasteiger partial charge in [-0.25, -0.2) is 9.37 Å². The molecule has 1 aromatic heterocycles. The van der Waals surface area contributed by atoms with Gasteiger partial charge in [-0.1, -0.05) is 24.3 Å². The molecule has 1 aliphatic carbocycles. The molecule has 2 fully saturated rings. The zero-order valence-corrected chi connectivity index (χ0v) is 21.3. The van der Waals surface area contributed by atoms with Gasteiger partial charge in [0, 0.05) is 44.8 Å². The highest BCUT2D eigenvalue weighted by Gasteiger charge is 2.45. The fourth-order valence-electron chi connectivity index (χ4n) is 4.32. The van der Waals surface area contributed by atoms with E-state index in [-0.39, 0.29) is 47.4 Å². The van der Waals surface area contributed by atoms with E-state index >= 15 is 0 Å². The summed E-state index contributed by atoms with van der Waals surface area (Å²) in [6, 6.07) is 11.2. The van der Waals surface area contributed by atoms with Crippen molar-refractivity contribution in [2.75, 3.05) is 31.6 Å². The number of guanidine groups is 1. The molecule has 1 aromatic carbocycles. The number of rotatable bonds is 6. The van der Waals surface area contributed by atoms with Crippen LogP contribution in [0.25, 0.3) is 0 Å². The Kier molecular flexibility index (Phi) is 8.32. The standard InChI is InChI=1S/C24H32FN5O.HI/c1-17-14-30(15-18(2)31-17)22-9-8-19(12-27-22)13-28-23(26-3)29-16-24(10-11-24)20-6-4-5-7-21(20)25;/h4-9,12,17-18H,10-11,13-16H2,1-3H3,(H2,26,28,29);1H. The number of hydrogen-bond acceptors (Lipinski definition) is 4. The van der Waals surface area contributed by atoms with Crippen molar-refractivity contribution in [2.24, 2.45) is 4.99 Å². The highest BCUT2D eigenvalue weighted by atomic mass is 127. The van der Waals surface area contributed by atoms with Gasteiger partial charge in [0.05, 0.1) is 12.2 Å². The highest BCUT2D eigenvalue weighted by molar-refractivity contribution is 14.0. The first-order valence-corrected chi connectivity index (χ1v) is 11.0. The van der Waals surface area contributed by atoms with Gasteiger partial charge >= 0.3 is 0 Å². The number of pyridine rings is 1. The maximum Gasteiger partial charge on any atom is 0.191 e.